The number of carbonyl (C=O) groups is 1. The maximum atomic E-state index is 12.8. The van der Waals surface area contributed by atoms with E-state index >= 15 is 0 Å². The molecule has 0 aliphatic carbocycles. The van der Waals surface area contributed by atoms with Crippen LogP contribution in [0.25, 0.3) is 0 Å². The van der Waals surface area contributed by atoms with Crippen molar-refractivity contribution in [2.45, 2.75) is 52.0 Å². The molecule has 0 saturated carbocycles. The van der Waals surface area contributed by atoms with E-state index < -0.39 is 10.0 Å². The van der Waals surface area contributed by atoms with Gasteiger partial charge in [0.25, 0.3) is 5.91 Å². The Morgan fingerprint density at radius 1 is 1.24 bits per heavy atom. The van der Waals surface area contributed by atoms with Crippen LogP contribution in [-0.2, 0) is 10.0 Å². The highest BCUT2D eigenvalue weighted by Crippen LogP contribution is 2.21. The fourth-order valence-corrected chi connectivity index (χ4v) is 4.48. The molecule has 142 valence electrons. The number of amides is 1. The summed E-state index contributed by atoms with van der Waals surface area (Å²) in [6.07, 6.45) is 0.776. The molecule has 1 atom stereocenters. The summed E-state index contributed by atoms with van der Waals surface area (Å²) in [4.78, 5) is 12.7. The van der Waals surface area contributed by atoms with Crippen LogP contribution in [0.15, 0.2) is 23.1 Å². The summed E-state index contributed by atoms with van der Waals surface area (Å²) in [5.41, 5.74) is 6.69. The molecular formula is C18H31N3O3S. The van der Waals surface area contributed by atoms with Crippen molar-refractivity contribution in [3.05, 3.63) is 29.3 Å². The molecule has 1 amide bonds. The minimum Gasteiger partial charge on any atom is -0.348 e. The van der Waals surface area contributed by atoms with Crippen LogP contribution < -0.4 is 11.1 Å². The van der Waals surface area contributed by atoms with Crippen molar-refractivity contribution in [2.24, 2.45) is 11.7 Å². The highest BCUT2D eigenvalue weighted by Gasteiger charge is 2.25. The van der Waals surface area contributed by atoms with Crippen molar-refractivity contribution in [1.82, 2.24) is 9.62 Å². The maximum absolute atomic E-state index is 12.8. The highest BCUT2D eigenvalue weighted by atomic mass is 32.2. The fourth-order valence-electron chi connectivity index (χ4n) is 2.77. The Labute approximate surface area is 151 Å². The van der Waals surface area contributed by atoms with Crippen LogP contribution in [-0.4, -0.2) is 44.3 Å². The van der Waals surface area contributed by atoms with E-state index in [0.29, 0.717) is 36.7 Å². The van der Waals surface area contributed by atoms with E-state index in [2.05, 4.69) is 19.2 Å². The molecule has 0 bridgehead atoms. The standard InChI is InChI=1S/C18H31N3O3S/c1-6-21(7-2)25(23,24)17-11-15(9-8-14(17)5)18(22)20-16(12-19)10-13(3)4/h8-9,11,13,16H,6-7,10,12,19H2,1-5H3,(H,20,22). The topological polar surface area (TPSA) is 92.5 Å². The third kappa shape index (κ3) is 5.52. The Morgan fingerprint density at radius 2 is 1.84 bits per heavy atom. The van der Waals surface area contributed by atoms with Gasteiger partial charge in [0.05, 0.1) is 4.90 Å². The SMILES string of the molecule is CCN(CC)S(=O)(=O)c1cc(C(=O)NC(CN)CC(C)C)ccc1C. The lowest BCUT2D eigenvalue weighted by atomic mass is 10.0. The summed E-state index contributed by atoms with van der Waals surface area (Å²) in [6.45, 7) is 10.6. The monoisotopic (exact) mass is 369 g/mol. The lowest BCUT2D eigenvalue weighted by Gasteiger charge is -2.21. The Bertz CT molecular complexity index is 683. The summed E-state index contributed by atoms with van der Waals surface area (Å²) in [7, 11) is -3.61. The van der Waals surface area contributed by atoms with Gasteiger partial charge in [0.15, 0.2) is 0 Å². The molecule has 0 spiro atoms. The van der Waals surface area contributed by atoms with Gasteiger partial charge in [-0.05, 0) is 37.0 Å². The van der Waals surface area contributed by atoms with Crippen LogP contribution >= 0.6 is 0 Å². The van der Waals surface area contributed by atoms with Crippen LogP contribution in [0.3, 0.4) is 0 Å². The van der Waals surface area contributed by atoms with E-state index in [9.17, 15) is 13.2 Å². The van der Waals surface area contributed by atoms with Gasteiger partial charge < -0.3 is 11.1 Å². The Kier molecular flexibility index (Phi) is 8.05. The van der Waals surface area contributed by atoms with Gasteiger partial charge in [-0.25, -0.2) is 8.42 Å². The number of benzene rings is 1. The van der Waals surface area contributed by atoms with Crippen molar-refractivity contribution >= 4 is 15.9 Å². The van der Waals surface area contributed by atoms with E-state index in [1.54, 1.807) is 32.9 Å². The Balaban J connectivity index is 3.14. The average molecular weight is 370 g/mol. The van der Waals surface area contributed by atoms with E-state index in [0.717, 1.165) is 6.42 Å². The second kappa shape index (κ2) is 9.31. The van der Waals surface area contributed by atoms with Crippen molar-refractivity contribution in [2.75, 3.05) is 19.6 Å². The molecule has 0 heterocycles. The minimum atomic E-state index is -3.61. The van der Waals surface area contributed by atoms with Gasteiger partial charge >= 0.3 is 0 Å². The smallest absolute Gasteiger partial charge is 0.251 e. The molecule has 0 saturated heterocycles. The molecule has 0 radical (unpaired) electrons. The predicted octanol–water partition coefficient (Wildman–Crippen LogP) is 2.13. The van der Waals surface area contributed by atoms with Gasteiger partial charge in [0.2, 0.25) is 10.0 Å². The van der Waals surface area contributed by atoms with Crippen molar-refractivity contribution in [3.63, 3.8) is 0 Å². The zero-order valence-corrected chi connectivity index (χ0v) is 16.7. The van der Waals surface area contributed by atoms with E-state index in [4.69, 9.17) is 5.73 Å². The second-order valence-corrected chi connectivity index (χ2v) is 8.51. The number of sulfonamides is 1. The van der Waals surface area contributed by atoms with Crippen molar-refractivity contribution in [1.29, 1.82) is 0 Å². The zero-order valence-electron chi connectivity index (χ0n) is 15.9. The average Bonchev–Trinajstić information content (AvgIpc) is 2.54. The third-order valence-electron chi connectivity index (χ3n) is 4.15. The first-order valence-electron chi connectivity index (χ1n) is 8.79. The molecule has 25 heavy (non-hydrogen) atoms. The number of rotatable bonds is 9. The second-order valence-electron chi connectivity index (χ2n) is 6.61. The van der Waals surface area contributed by atoms with E-state index in [-0.39, 0.29) is 16.8 Å². The van der Waals surface area contributed by atoms with E-state index in [1.807, 2.05) is 0 Å². The zero-order chi connectivity index (χ0) is 19.2. The number of hydrogen-bond acceptors (Lipinski definition) is 4. The highest BCUT2D eigenvalue weighted by molar-refractivity contribution is 7.89. The molecule has 1 rings (SSSR count). The van der Waals surface area contributed by atoms with E-state index in [1.165, 1.54) is 10.4 Å². The molecule has 0 aromatic heterocycles. The number of nitrogens with one attached hydrogen (secondary N) is 1. The predicted molar refractivity (Wildman–Crippen MR) is 101 cm³/mol. The van der Waals surface area contributed by atoms with Crippen LogP contribution in [0.2, 0.25) is 0 Å². The summed E-state index contributed by atoms with van der Waals surface area (Å²) >= 11 is 0. The lowest BCUT2D eigenvalue weighted by Crippen LogP contribution is -2.41. The molecule has 7 heteroatoms. The van der Waals surface area contributed by atoms with Gasteiger partial charge in [0, 0.05) is 31.2 Å². The molecule has 0 aliphatic rings. The summed E-state index contributed by atoms with van der Waals surface area (Å²) < 4.78 is 27.0. The molecule has 1 aromatic carbocycles. The first-order valence-corrected chi connectivity index (χ1v) is 10.2. The summed E-state index contributed by atoms with van der Waals surface area (Å²) in [5, 5.41) is 2.90. The number of nitrogens with zero attached hydrogens (tertiary/aromatic N) is 1. The number of nitrogens with two attached hydrogens (primary N) is 1. The molecule has 6 nitrogen and oxygen atoms in total. The summed E-state index contributed by atoms with van der Waals surface area (Å²) in [5.74, 6) is 0.109. The normalized spacial score (nSPS) is 13.3. The maximum Gasteiger partial charge on any atom is 0.251 e. The first kappa shape index (κ1) is 21.6. The third-order valence-corrected chi connectivity index (χ3v) is 6.34. The fraction of sp³-hybridized carbons (Fsp3) is 0.611. The quantitative estimate of drug-likeness (QED) is 0.697. The summed E-state index contributed by atoms with van der Waals surface area (Å²) in [6, 6.07) is 4.65. The largest absolute Gasteiger partial charge is 0.348 e. The molecule has 1 unspecified atom stereocenters. The molecule has 3 N–H and O–H groups in total. The molecule has 0 aliphatic heterocycles. The molecule has 1 aromatic rings. The Morgan fingerprint density at radius 3 is 2.32 bits per heavy atom. The minimum absolute atomic E-state index is 0.128. The van der Waals surface area contributed by atoms with Crippen LogP contribution in [0.4, 0.5) is 0 Å². The van der Waals surface area contributed by atoms with Crippen LogP contribution in [0, 0.1) is 12.8 Å². The van der Waals surface area contributed by atoms with Gasteiger partial charge in [-0.15, -0.1) is 0 Å². The van der Waals surface area contributed by atoms with Gasteiger partial charge in [0.1, 0.15) is 0 Å². The Hall–Kier alpha value is -1.44. The first-order chi connectivity index (χ1) is 11.7. The van der Waals surface area contributed by atoms with Gasteiger partial charge in [-0.1, -0.05) is 33.8 Å². The van der Waals surface area contributed by atoms with Crippen molar-refractivity contribution < 1.29 is 13.2 Å². The number of hydrogen-bond donors (Lipinski definition) is 2. The number of aryl methyl sites for hydroxylation is 1. The van der Waals surface area contributed by atoms with Crippen LogP contribution in [0.1, 0.15) is 50.0 Å². The van der Waals surface area contributed by atoms with Crippen molar-refractivity contribution in [3.8, 4) is 0 Å². The van der Waals surface area contributed by atoms with Gasteiger partial charge in [-0.2, -0.15) is 4.31 Å². The molecule has 0 fully saturated rings. The number of carbonyl (C=O) groups excluding carboxylic acids is 1. The molecular weight excluding hydrogens is 338 g/mol. The lowest BCUT2D eigenvalue weighted by molar-refractivity contribution is 0.0933. The van der Waals surface area contributed by atoms with Gasteiger partial charge in [-0.3, -0.25) is 4.79 Å². The van der Waals surface area contributed by atoms with Crippen LogP contribution in [0.5, 0.6) is 0 Å².